The highest BCUT2D eigenvalue weighted by Gasteiger charge is 2.27. The molecular formula is C13H16N2O5. The Morgan fingerprint density at radius 3 is 2.35 bits per heavy atom. The molecule has 2 atom stereocenters. The van der Waals surface area contributed by atoms with Crippen molar-refractivity contribution in [3.8, 4) is 0 Å². The molecule has 1 unspecified atom stereocenters. The number of primary amides is 1. The van der Waals surface area contributed by atoms with E-state index in [1.54, 1.807) is 30.3 Å². The van der Waals surface area contributed by atoms with Gasteiger partial charge in [0.05, 0.1) is 6.42 Å². The Balaban J connectivity index is 2.81. The summed E-state index contributed by atoms with van der Waals surface area (Å²) in [5.41, 5.74) is 5.52. The Bertz CT molecular complexity index is 489. The first-order chi connectivity index (χ1) is 9.45. The summed E-state index contributed by atoms with van der Waals surface area (Å²) in [5, 5.41) is 11.2. The summed E-state index contributed by atoms with van der Waals surface area (Å²) in [6.45, 7) is 0. The van der Waals surface area contributed by atoms with E-state index in [1.165, 1.54) is 7.11 Å². The van der Waals surface area contributed by atoms with E-state index in [-0.39, 0.29) is 0 Å². The van der Waals surface area contributed by atoms with Gasteiger partial charge in [-0.05, 0) is 5.56 Å². The third-order valence-corrected chi connectivity index (χ3v) is 2.60. The maximum absolute atomic E-state index is 12.0. The highest BCUT2D eigenvalue weighted by molar-refractivity contribution is 5.90. The molecule has 0 aliphatic rings. The van der Waals surface area contributed by atoms with Gasteiger partial charge < -0.3 is 20.9 Å². The van der Waals surface area contributed by atoms with Crippen LogP contribution in [0.2, 0.25) is 0 Å². The minimum Gasteiger partial charge on any atom is -0.480 e. The lowest BCUT2D eigenvalue weighted by atomic mass is 10.1. The zero-order valence-corrected chi connectivity index (χ0v) is 10.9. The number of carboxylic acids is 1. The average molecular weight is 280 g/mol. The minimum absolute atomic E-state index is 0.480. The number of carboxylic acid groups (broad SMARTS) is 1. The number of hydrogen-bond acceptors (Lipinski definition) is 4. The van der Waals surface area contributed by atoms with Gasteiger partial charge in [-0.3, -0.25) is 9.59 Å². The van der Waals surface area contributed by atoms with Crippen molar-refractivity contribution in [1.29, 1.82) is 0 Å². The predicted molar refractivity (Wildman–Crippen MR) is 69.6 cm³/mol. The second kappa shape index (κ2) is 7.25. The molecule has 7 heteroatoms. The highest BCUT2D eigenvalue weighted by Crippen LogP contribution is 2.16. The lowest BCUT2D eigenvalue weighted by Gasteiger charge is -2.19. The van der Waals surface area contributed by atoms with Crippen molar-refractivity contribution < 1.29 is 24.2 Å². The van der Waals surface area contributed by atoms with Crippen molar-refractivity contribution >= 4 is 17.8 Å². The van der Waals surface area contributed by atoms with E-state index in [2.05, 4.69) is 5.32 Å². The van der Waals surface area contributed by atoms with Gasteiger partial charge >= 0.3 is 5.97 Å². The first-order valence-corrected chi connectivity index (χ1v) is 5.85. The number of carbonyl (C=O) groups is 3. The normalized spacial score (nSPS) is 13.2. The van der Waals surface area contributed by atoms with Crippen molar-refractivity contribution in [2.45, 2.75) is 18.6 Å². The first kappa shape index (κ1) is 15.6. The van der Waals surface area contributed by atoms with Crippen molar-refractivity contribution in [3.05, 3.63) is 35.9 Å². The van der Waals surface area contributed by atoms with Gasteiger partial charge in [0, 0.05) is 7.11 Å². The molecule has 0 heterocycles. The van der Waals surface area contributed by atoms with E-state index < -0.39 is 36.4 Å². The van der Waals surface area contributed by atoms with Crippen LogP contribution in [0.3, 0.4) is 0 Å². The Morgan fingerprint density at radius 2 is 1.90 bits per heavy atom. The molecule has 0 radical (unpaired) electrons. The molecule has 2 amide bonds. The molecular weight excluding hydrogens is 264 g/mol. The van der Waals surface area contributed by atoms with Gasteiger partial charge in [0.25, 0.3) is 5.91 Å². The Morgan fingerprint density at radius 1 is 1.30 bits per heavy atom. The zero-order chi connectivity index (χ0) is 15.1. The second-order valence-electron chi connectivity index (χ2n) is 4.10. The average Bonchev–Trinajstić information content (AvgIpc) is 2.39. The molecule has 0 bridgehead atoms. The molecule has 108 valence electrons. The van der Waals surface area contributed by atoms with Crippen LogP contribution in [-0.4, -0.2) is 36.0 Å². The van der Waals surface area contributed by atoms with Crippen LogP contribution < -0.4 is 11.1 Å². The van der Waals surface area contributed by atoms with Crippen molar-refractivity contribution in [2.75, 3.05) is 7.11 Å². The maximum atomic E-state index is 12.0. The monoisotopic (exact) mass is 280 g/mol. The fraction of sp³-hybridized carbons (Fsp3) is 0.308. The topological polar surface area (TPSA) is 119 Å². The van der Waals surface area contributed by atoms with Gasteiger partial charge in [0.1, 0.15) is 6.04 Å². The summed E-state index contributed by atoms with van der Waals surface area (Å²) < 4.78 is 5.06. The maximum Gasteiger partial charge on any atom is 0.326 e. The number of rotatable bonds is 7. The van der Waals surface area contributed by atoms with Gasteiger partial charge in [-0.25, -0.2) is 4.79 Å². The number of nitrogens with two attached hydrogens (primary N) is 1. The molecule has 7 nitrogen and oxygen atoms in total. The molecule has 0 saturated carbocycles. The van der Waals surface area contributed by atoms with E-state index in [0.29, 0.717) is 5.56 Å². The molecule has 20 heavy (non-hydrogen) atoms. The van der Waals surface area contributed by atoms with E-state index in [1.807, 2.05) is 0 Å². The fourth-order valence-electron chi connectivity index (χ4n) is 1.67. The Labute approximate surface area is 115 Å². The van der Waals surface area contributed by atoms with Gasteiger partial charge in [-0.15, -0.1) is 0 Å². The number of benzene rings is 1. The SMILES string of the molecule is COC(C(=O)N[C@@H](CC(N)=O)C(=O)O)c1ccccc1. The van der Waals surface area contributed by atoms with Gasteiger partial charge in [-0.2, -0.15) is 0 Å². The van der Waals surface area contributed by atoms with Crippen LogP contribution in [0.4, 0.5) is 0 Å². The van der Waals surface area contributed by atoms with Crippen molar-refractivity contribution in [3.63, 3.8) is 0 Å². The van der Waals surface area contributed by atoms with Crippen molar-refractivity contribution in [1.82, 2.24) is 5.32 Å². The molecule has 0 spiro atoms. The van der Waals surface area contributed by atoms with Crippen LogP contribution in [-0.2, 0) is 19.1 Å². The number of ether oxygens (including phenoxy) is 1. The fourth-order valence-corrected chi connectivity index (χ4v) is 1.67. The largest absolute Gasteiger partial charge is 0.480 e. The quantitative estimate of drug-likeness (QED) is 0.640. The number of amides is 2. The Kier molecular flexibility index (Phi) is 5.67. The number of carbonyl (C=O) groups excluding carboxylic acids is 2. The smallest absolute Gasteiger partial charge is 0.326 e. The molecule has 0 aromatic heterocycles. The van der Waals surface area contributed by atoms with Crippen LogP contribution in [0.5, 0.6) is 0 Å². The molecule has 0 saturated heterocycles. The third kappa shape index (κ3) is 4.36. The van der Waals surface area contributed by atoms with Gasteiger partial charge in [0.15, 0.2) is 6.10 Å². The number of aliphatic carboxylic acids is 1. The van der Waals surface area contributed by atoms with E-state index in [0.717, 1.165) is 0 Å². The van der Waals surface area contributed by atoms with Crippen LogP contribution in [0.1, 0.15) is 18.1 Å². The van der Waals surface area contributed by atoms with Crippen LogP contribution in [0, 0.1) is 0 Å². The first-order valence-electron chi connectivity index (χ1n) is 5.85. The van der Waals surface area contributed by atoms with Crippen LogP contribution in [0.25, 0.3) is 0 Å². The predicted octanol–water partition coefficient (Wildman–Crippen LogP) is -0.181. The summed E-state index contributed by atoms with van der Waals surface area (Å²) in [7, 11) is 1.33. The number of nitrogens with one attached hydrogen (secondary N) is 1. The summed E-state index contributed by atoms with van der Waals surface area (Å²) in [6.07, 6.45) is -1.43. The summed E-state index contributed by atoms with van der Waals surface area (Å²) >= 11 is 0. The molecule has 4 N–H and O–H groups in total. The lowest BCUT2D eigenvalue weighted by molar-refractivity contribution is -0.145. The van der Waals surface area contributed by atoms with Crippen molar-refractivity contribution in [2.24, 2.45) is 5.73 Å². The van der Waals surface area contributed by atoms with Crippen LogP contribution >= 0.6 is 0 Å². The summed E-state index contributed by atoms with van der Waals surface area (Å²) in [4.78, 5) is 33.8. The second-order valence-corrected chi connectivity index (χ2v) is 4.10. The number of hydrogen-bond donors (Lipinski definition) is 3. The zero-order valence-electron chi connectivity index (χ0n) is 10.9. The summed E-state index contributed by atoms with van der Waals surface area (Å²) in [6, 6.07) is 7.22. The number of methoxy groups -OCH3 is 1. The van der Waals surface area contributed by atoms with E-state index >= 15 is 0 Å². The molecule has 0 aliphatic carbocycles. The summed E-state index contributed by atoms with van der Waals surface area (Å²) in [5.74, 6) is -2.79. The Hall–Kier alpha value is -2.41. The van der Waals surface area contributed by atoms with E-state index in [9.17, 15) is 14.4 Å². The molecule has 1 rings (SSSR count). The van der Waals surface area contributed by atoms with E-state index in [4.69, 9.17) is 15.6 Å². The minimum atomic E-state index is -1.37. The standard InChI is InChI=1S/C13H16N2O5/c1-20-11(8-5-3-2-4-6-8)12(17)15-9(13(18)19)7-10(14)16/h2-6,9,11H,7H2,1H3,(H2,14,16)(H,15,17)(H,18,19)/t9-,11?/m0/s1. The molecule has 1 aromatic carbocycles. The molecule has 0 fully saturated rings. The van der Waals surface area contributed by atoms with Gasteiger partial charge in [0.2, 0.25) is 5.91 Å². The molecule has 1 aromatic rings. The van der Waals surface area contributed by atoms with Crippen LogP contribution in [0.15, 0.2) is 30.3 Å². The molecule has 0 aliphatic heterocycles. The third-order valence-electron chi connectivity index (χ3n) is 2.60. The highest BCUT2D eigenvalue weighted by atomic mass is 16.5. The van der Waals surface area contributed by atoms with Gasteiger partial charge in [-0.1, -0.05) is 30.3 Å². The lowest BCUT2D eigenvalue weighted by Crippen LogP contribution is -2.45.